The van der Waals surface area contributed by atoms with Gasteiger partial charge in [-0.2, -0.15) is 0 Å². The zero-order valence-corrected chi connectivity index (χ0v) is 36.4. The van der Waals surface area contributed by atoms with Gasteiger partial charge in [-0.3, -0.25) is 0 Å². The molecule has 0 aliphatic heterocycles. The van der Waals surface area contributed by atoms with Crippen molar-refractivity contribution in [3.63, 3.8) is 0 Å². The highest BCUT2D eigenvalue weighted by atomic mass is 32.1. The van der Waals surface area contributed by atoms with Gasteiger partial charge in [0.2, 0.25) is 0 Å². The Morgan fingerprint density at radius 2 is 0.703 bits per heavy atom. The van der Waals surface area contributed by atoms with E-state index in [0.717, 1.165) is 0 Å². The molecule has 0 bridgehead atoms. The van der Waals surface area contributed by atoms with Crippen LogP contribution in [0, 0.1) is 0 Å². The normalized spacial score (nSPS) is 13.3. The summed E-state index contributed by atoms with van der Waals surface area (Å²) in [5.74, 6) is 0. The number of hydrogen-bond donors (Lipinski definition) is 0. The van der Waals surface area contributed by atoms with Crippen LogP contribution < -0.4 is 0 Å². The Kier molecular flexibility index (Phi) is 7.43. The van der Waals surface area contributed by atoms with Gasteiger partial charge in [0.05, 0.1) is 0 Å². The first-order valence-corrected chi connectivity index (χ1v) is 23.2. The van der Waals surface area contributed by atoms with Crippen molar-refractivity contribution in [2.24, 2.45) is 0 Å². The Balaban J connectivity index is 0.988. The molecule has 1 aliphatic carbocycles. The average Bonchev–Trinajstić information content (AvgIpc) is 3.87. The lowest BCUT2D eigenvalue weighted by Crippen LogP contribution is -2.14. The minimum Gasteiger partial charge on any atom is -0.134 e. The molecule has 1 heterocycles. The highest BCUT2D eigenvalue weighted by molar-refractivity contribution is 7.28. The predicted molar refractivity (Wildman–Crippen MR) is 278 cm³/mol. The number of thiophene rings is 1. The Morgan fingerprint density at radius 1 is 0.281 bits per heavy atom. The van der Waals surface area contributed by atoms with Crippen LogP contribution in [0.5, 0.6) is 0 Å². The molecule has 13 aromatic rings. The van der Waals surface area contributed by atoms with Gasteiger partial charge in [0.25, 0.3) is 0 Å². The van der Waals surface area contributed by atoms with Crippen LogP contribution in [0.4, 0.5) is 0 Å². The molecule has 12 aromatic carbocycles. The lowest BCUT2D eigenvalue weighted by Gasteiger charge is -2.22. The Labute approximate surface area is 375 Å². The fourth-order valence-corrected chi connectivity index (χ4v) is 13.1. The SMILES string of the molecule is CC1(C)c2ccccc2-c2cc(-c3c4ccccc4c(-c4cccc(-c5ccc6c7ccccc7c7c(sc8c9ccccc9c9ccccc9c87)c6c5)c4)c4ccccc34)ccc21. The molecule has 64 heavy (non-hydrogen) atoms. The van der Waals surface area contributed by atoms with Crippen molar-refractivity contribution in [3.05, 3.63) is 217 Å². The van der Waals surface area contributed by atoms with Gasteiger partial charge in [-0.05, 0) is 128 Å². The Bertz CT molecular complexity index is 4100. The molecule has 0 fully saturated rings. The van der Waals surface area contributed by atoms with E-state index in [-0.39, 0.29) is 5.41 Å². The standard InChI is InChI=1S/C63H40S/c1-63(2)55-29-14-13-21-45(55)53-36-40(31-33-56(53)63)58-50-26-10-8-24-48(50)57(49-25-9-11-27-51(49)58)39-17-15-16-37(34-39)38-30-32-44-42-19-4-7-23-47(42)60-59-46-22-6-3-18-41(46)43-20-5-12-28-52(43)61(59)64-62(60)54(44)35-38/h3-36H,1-2H3. The van der Waals surface area contributed by atoms with Gasteiger partial charge in [-0.25, -0.2) is 0 Å². The smallest absolute Gasteiger partial charge is 0.0440 e. The molecule has 0 spiro atoms. The quantitative estimate of drug-likeness (QED) is 0.123. The van der Waals surface area contributed by atoms with Crippen LogP contribution >= 0.6 is 11.3 Å². The van der Waals surface area contributed by atoms with E-state index in [1.165, 1.54) is 140 Å². The van der Waals surface area contributed by atoms with Crippen molar-refractivity contribution < 1.29 is 0 Å². The summed E-state index contributed by atoms with van der Waals surface area (Å²) in [5, 5.41) is 18.3. The third-order valence-electron chi connectivity index (χ3n) is 14.6. The minimum absolute atomic E-state index is 0.0318. The number of benzene rings is 12. The molecular formula is C63H40S. The second kappa shape index (κ2) is 13.2. The molecule has 0 nitrogen and oxygen atoms in total. The highest BCUT2D eigenvalue weighted by Gasteiger charge is 2.35. The summed E-state index contributed by atoms with van der Waals surface area (Å²) in [5.41, 5.74) is 13.0. The van der Waals surface area contributed by atoms with Crippen LogP contribution in [0.3, 0.4) is 0 Å². The summed E-state index contributed by atoms with van der Waals surface area (Å²) < 4.78 is 2.72. The first kappa shape index (κ1) is 36.0. The van der Waals surface area contributed by atoms with Gasteiger partial charge in [-0.15, -0.1) is 11.3 Å². The van der Waals surface area contributed by atoms with E-state index in [1.54, 1.807) is 0 Å². The van der Waals surface area contributed by atoms with E-state index in [4.69, 9.17) is 0 Å². The van der Waals surface area contributed by atoms with Crippen LogP contribution in [0.25, 0.3) is 129 Å². The van der Waals surface area contributed by atoms with Gasteiger partial charge in [0.1, 0.15) is 0 Å². The second-order valence-electron chi connectivity index (χ2n) is 18.3. The lowest BCUT2D eigenvalue weighted by atomic mass is 9.81. The first-order chi connectivity index (χ1) is 31.5. The number of rotatable bonds is 3. The lowest BCUT2D eigenvalue weighted by molar-refractivity contribution is 0.660. The van der Waals surface area contributed by atoms with Crippen molar-refractivity contribution in [3.8, 4) is 44.5 Å². The van der Waals surface area contributed by atoms with Crippen molar-refractivity contribution in [2.45, 2.75) is 19.3 Å². The van der Waals surface area contributed by atoms with E-state index in [1.807, 2.05) is 11.3 Å². The third-order valence-corrected chi connectivity index (χ3v) is 15.9. The van der Waals surface area contributed by atoms with Crippen LogP contribution in [-0.2, 0) is 5.41 Å². The van der Waals surface area contributed by atoms with E-state index < -0.39 is 0 Å². The fourth-order valence-electron chi connectivity index (χ4n) is 11.7. The molecule has 298 valence electrons. The monoisotopic (exact) mass is 828 g/mol. The maximum Gasteiger partial charge on any atom is 0.0440 e. The summed E-state index contributed by atoms with van der Waals surface area (Å²) in [6.07, 6.45) is 0. The molecule has 0 atom stereocenters. The summed E-state index contributed by atoms with van der Waals surface area (Å²) >= 11 is 1.96. The Hall–Kier alpha value is -7.58. The second-order valence-corrected chi connectivity index (χ2v) is 19.3. The van der Waals surface area contributed by atoms with Gasteiger partial charge in [-0.1, -0.05) is 202 Å². The molecular weight excluding hydrogens is 789 g/mol. The van der Waals surface area contributed by atoms with Crippen molar-refractivity contribution in [1.82, 2.24) is 0 Å². The molecule has 1 aromatic heterocycles. The van der Waals surface area contributed by atoms with Gasteiger partial charge in [0.15, 0.2) is 0 Å². The maximum absolute atomic E-state index is 2.47. The molecule has 0 unspecified atom stereocenters. The fraction of sp³-hybridized carbons (Fsp3) is 0.0476. The summed E-state index contributed by atoms with van der Waals surface area (Å²) in [4.78, 5) is 0. The zero-order chi connectivity index (χ0) is 42.3. The number of fused-ring (bicyclic) bond motifs is 18. The van der Waals surface area contributed by atoms with Crippen molar-refractivity contribution in [1.29, 1.82) is 0 Å². The third kappa shape index (κ3) is 4.88. The molecule has 1 heteroatoms. The van der Waals surface area contributed by atoms with E-state index in [2.05, 4.69) is 220 Å². The largest absolute Gasteiger partial charge is 0.134 e. The first-order valence-electron chi connectivity index (χ1n) is 22.4. The van der Waals surface area contributed by atoms with E-state index >= 15 is 0 Å². The minimum atomic E-state index is -0.0318. The highest BCUT2D eigenvalue weighted by Crippen LogP contribution is 2.53. The van der Waals surface area contributed by atoms with E-state index in [9.17, 15) is 0 Å². The van der Waals surface area contributed by atoms with Gasteiger partial charge >= 0.3 is 0 Å². The van der Waals surface area contributed by atoms with Crippen LogP contribution in [0.1, 0.15) is 25.0 Å². The Morgan fingerprint density at radius 3 is 1.33 bits per heavy atom. The van der Waals surface area contributed by atoms with Gasteiger partial charge in [0, 0.05) is 36.4 Å². The van der Waals surface area contributed by atoms with Gasteiger partial charge < -0.3 is 0 Å². The molecule has 0 radical (unpaired) electrons. The molecule has 0 N–H and O–H groups in total. The molecule has 1 aliphatic rings. The summed E-state index contributed by atoms with van der Waals surface area (Å²) in [6, 6.07) is 77.7. The molecule has 14 rings (SSSR count). The maximum atomic E-state index is 2.47. The van der Waals surface area contributed by atoms with E-state index in [0.29, 0.717) is 0 Å². The summed E-state index contributed by atoms with van der Waals surface area (Å²) in [6.45, 7) is 4.72. The van der Waals surface area contributed by atoms with Crippen LogP contribution in [-0.4, -0.2) is 0 Å². The summed E-state index contributed by atoms with van der Waals surface area (Å²) in [7, 11) is 0. The average molecular weight is 829 g/mol. The van der Waals surface area contributed by atoms with Crippen molar-refractivity contribution in [2.75, 3.05) is 0 Å². The molecule has 0 saturated carbocycles. The van der Waals surface area contributed by atoms with Crippen LogP contribution in [0.15, 0.2) is 206 Å². The zero-order valence-electron chi connectivity index (χ0n) is 35.5. The van der Waals surface area contributed by atoms with Crippen LogP contribution in [0.2, 0.25) is 0 Å². The predicted octanol–water partition coefficient (Wildman–Crippen LogP) is 18.3. The molecule has 0 amide bonds. The topological polar surface area (TPSA) is 0 Å². The van der Waals surface area contributed by atoms with Crippen molar-refractivity contribution >= 4 is 96.1 Å². The molecule has 0 saturated heterocycles. The number of hydrogen-bond acceptors (Lipinski definition) is 1.